The molecule has 0 aliphatic rings. The highest BCUT2D eigenvalue weighted by molar-refractivity contribution is 7.93. The summed E-state index contributed by atoms with van der Waals surface area (Å²) in [5.41, 5.74) is 1.65. The van der Waals surface area contributed by atoms with Crippen molar-refractivity contribution in [3.8, 4) is 11.1 Å². The van der Waals surface area contributed by atoms with Crippen LogP contribution in [0.2, 0.25) is 0 Å². The van der Waals surface area contributed by atoms with Crippen LogP contribution in [0.25, 0.3) is 11.1 Å². The third-order valence-corrected chi connectivity index (χ3v) is 5.34. The first-order valence-corrected chi connectivity index (χ1v) is 9.51. The second kappa shape index (κ2) is 7.88. The van der Waals surface area contributed by atoms with Crippen LogP contribution in [0.1, 0.15) is 5.56 Å². The predicted octanol–water partition coefficient (Wildman–Crippen LogP) is 3.17. The van der Waals surface area contributed by atoms with Gasteiger partial charge in [0.1, 0.15) is 0 Å². The fraction of sp³-hybridized carbons (Fsp3) is 0.105. The van der Waals surface area contributed by atoms with Crippen LogP contribution in [0, 0.1) is 0 Å². The summed E-state index contributed by atoms with van der Waals surface area (Å²) in [6.45, 7) is 0.150. The number of aromatic amines is 1. The van der Waals surface area contributed by atoms with Crippen LogP contribution >= 0.6 is 0 Å². The molecule has 134 valence electrons. The van der Waals surface area contributed by atoms with Crippen molar-refractivity contribution < 1.29 is 17.9 Å². The number of nitrogens with one attached hydrogen (secondary N) is 2. The molecule has 1 unspecified atom stereocenters. The van der Waals surface area contributed by atoms with Crippen LogP contribution in [-0.4, -0.2) is 25.3 Å². The first kappa shape index (κ1) is 17.8. The minimum absolute atomic E-state index is 0.0515. The number of aromatic nitrogens is 1. The molecule has 0 fully saturated rings. The molecule has 6 nitrogen and oxygen atoms in total. The van der Waals surface area contributed by atoms with Gasteiger partial charge in [0.05, 0.1) is 0 Å². The summed E-state index contributed by atoms with van der Waals surface area (Å²) in [5.74, 6) is 0. The molecule has 0 aliphatic heterocycles. The van der Waals surface area contributed by atoms with Gasteiger partial charge in [0.25, 0.3) is 16.5 Å². The number of sulfonamides is 1. The van der Waals surface area contributed by atoms with Crippen LogP contribution < -0.4 is 4.72 Å². The Morgan fingerprint density at radius 2 is 1.81 bits per heavy atom. The first-order valence-electron chi connectivity index (χ1n) is 7.96. The molecule has 3 rings (SSSR count). The predicted molar refractivity (Wildman–Crippen MR) is 99.9 cm³/mol. The lowest BCUT2D eigenvalue weighted by atomic mass is 10.1. The Morgan fingerprint density at radius 1 is 1.04 bits per heavy atom. The van der Waals surface area contributed by atoms with Crippen molar-refractivity contribution in [2.45, 2.75) is 11.9 Å². The quantitative estimate of drug-likeness (QED) is 0.596. The lowest BCUT2D eigenvalue weighted by Gasteiger charge is -2.17. The maximum atomic E-state index is 12.7. The third kappa shape index (κ3) is 4.31. The maximum Gasteiger partial charge on any atom is 0.294 e. The first-order chi connectivity index (χ1) is 12.6. The van der Waals surface area contributed by atoms with Gasteiger partial charge in [-0.3, -0.25) is 9.52 Å². The van der Waals surface area contributed by atoms with Gasteiger partial charge in [-0.1, -0.05) is 42.5 Å². The Hall–Kier alpha value is -3.06. The van der Waals surface area contributed by atoms with Crippen LogP contribution in [-0.2, 0) is 26.0 Å². The Morgan fingerprint density at radius 3 is 2.50 bits per heavy atom. The molecule has 0 amide bonds. The fourth-order valence-electron chi connectivity index (χ4n) is 2.59. The van der Waals surface area contributed by atoms with E-state index in [4.69, 9.17) is 4.74 Å². The maximum absolute atomic E-state index is 12.7. The molecule has 2 aromatic carbocycles. The van der Waals surface area contributed by atoms with E-state index in [1.54, 1.807) is 36.7 Å². The monoisotopic (exact) mass is 370 g/mol. The van der Waals surface area contributed by atoms with E-state index in [1.165, 1.54) is 0 Å². The van der Waals surface area contributed by atoms with E-state index in [0.717, 1.165) is 16.7 Å². The van der Waals surface area contributed by atoms with Gasteiger partial charge >= 0.3 is 0 Å². The standard InChI is InChI=1S/C19H18N2O4S/c22-14-25-19(11-15-9-10-20-13-15)26(23,24)21-18-8-4-7-17(12-18)16-5-2-1-3-6-16/h1-10,12-14,19-21H,11H2. The zero-order chi connectivity index (χ0) is 18.4. The molecule has 1 aromatic heterocycles. The molecule has 7 heteroatoms. The van der Waals surface area contributed by atoms with Crippen molar-refractivity contribution >= 4 is 22.2 Å². The molecule has 0 saturated heterocycles. The van der Waals surface area contributed by atoms with Gasteiger partial charge in [-0.15, -0.1) is 0 Å². The minimum atomic E-state index is -3.93. The van der Waals surface area contributed by atoms with E-state index in [9.17, 15) is 13.2 Å². The van der Waals surface area contributed by atoms with Gasteiger partial charge in [-0.25, -0.2) is 8.42 Å². The number of carbonyl (C=O) groups excluding carboxylic acids is 1. The number of ether oxygens (including phenoxy) is 1. The van der Waals surface area contributed by atoms with Gasteiger partial charge in [-0.2, -0.15) is 0 Å². The average Bonchev–Trinajstić information content (AvgIpc) is 3.15. The van der Waals surface area contributed by atoms with E-state index in [2.05, 4.69) is 9.71 Å². The number of carbonyl (C=O) groups is 1. The molecule has 26 heavy (non-hydrogen) atoms. The van der Waals surface area contributed by atoms with Crippen molar-refractivity contribution in [1.82, 2.24) is 4.98 Å². The lowest BCUT2D eigenvalue weighted by molar-refractivity contribution is -0.130. The van der Waals surface area contributed by atoms with E-state index in [-0.39, 0.29) is 12.9 Å². The molecular weight excluding hydrogens is 352 g/mol. The van der Waals surface area contributed by atoms with Crippen LogP contribution in [0.4, 0.5) is 5.69 Å². The molecular formula is C19H18N2O4S. The summed E-state index contributed by atoms with van der Waals surface area (Å²) in [6.07, 6.45) is 3.39. The Labute approximate surface area is 151 Å². The SMILES string of the molecule is O=COC(Cc1cc[nH]c1)S(=O)(=O)Nc1cccc(-c2ccccc2)c1. The highest BCUT2D eigenvalue weighted by atomic mass is 32.2. The summed E-state index contributed by atoms with van der Waals surface area (Å²) >= 11 is 0. The summed E-state index contributed by atoms with van der Waals surface area (Å²) in [7, 11) is -3.93. The van der Waals surface area contributed by atoms with E-state index in [0.29, 0.717) is 5.69 Å². The summed E-state index contributed by atoms with van der Waals surface area (Å²) in [5, 5.41) is 0. The molecule has 0 saturated carbocycles. The summed E-state index contributed by atoms with van der Waals surface area (Å²) < 4.78 is 32.6. The van der Waals surface area contributed by atoms with Crippen molar-refractivity contribution in [3.05, 3.63) is 78.6 Å². The van der Waals surface area contributed by atoms with Gasteiger partial charge in [-0.05, 0) is 34.9 Å². The fourth-order valence-corrected chi connectivity index (χ4v) is 3.78. The highest BCUT2D eigenvalue weighted by Gasteiger charge is 2.27. The molecule has 2 N–H and O–H groups in total. The number of benzene rings is 2. The van der Waals surface area contributed by atoms with E-state index < -0.39 is 15.5 Å². The zero-order valence-electron chi connectivity index (χ0n) is 13.8. The number of hydrogen-bond acceptors (Lipinski definition) is 4. The number of hydrogen-bond donors (Lipinski definition) is 2. The van der Waals surface area contributed by atoms with Crippen molar-refractivity contribution in [2.24, 2.45) is 0 Å². The Balaban J connectivity index is 1.82. The van der Waals surface area contributed by atoms with Gasteiger partial charge in [0, 0.05) is 24.5 Å². The topological polar surface area (TPSA) is 88.3 Å². The highest BCUT2D eigenvalue weighted by Crippen LogP contribution is 2.24. The van der Waals surface area contributed by atoms with Crippen molar-refractivity contribution in [1.29, 1.82) is 0 Å². The van der Waals surface area contributed by atoms with Crippen molar-refractivity contribution in [2.75, 3.05) is 4.72 Å². The summed E-state index contributed by atoms with van der Waals surface area (Å²) in [6, 6.07) is 18.4. The largest absolute Gasteiger partial charge is 0.446 e. The molecule has 0 aliphatic carbocycles. The van der Waals surface area contributed by atoms with Crippen molar-refractivity contribution in [3.63, 3.8) is 0 Å². The van der Waals surface area contributed by atoms with E-state index in [1.807, 2.05) is 36.4 Å². The third-order valence-electron chi connectivity index (χ3n) is 3.85. The molecule has 1 atom stereocenters. The minimum Gasteiger partial charge on any atom is -0.446 e. The molecule has 0 radical (unpaired) electrons. The Kier molecular flexibility index (Phi) is 5.38. The molecule has 0 spiro atoms. The molecule has 1 heterocycles. The van der Waals surface area contributed by atoms with E-state index >= 15 is 0 Å². The number of H-pyrrole nitrogens is 1. The average molecular weight is 370 g/mol. The number of rotatable bonds is 8. The second-order valence-corrected chi connectivity index (χ2v) is 7.50. The number of anilines is 1. The smallest absolute Gasteiger partial charge is 0.294 e. The molecule has 3 aromatic rings. The van der Waals surface area contributed by atoms with Crippen LogP contribution in [0.3, 0.4) is 0 Å². The van der Waals surface area contributed by atoms with Crippen LogP contribution in [0.15, 0.2) is 73.1 Å². The van der Waals surface area contributed by atoms with Gasteiger partial charge in [0.15, 0.2) is 0 Å². The second-order valence-electron chi connectivity index (χ2n) is 5.68. The van der Waals surface area contributed by atoms with Gasteiger partial charge < -0.3 is 9.72 Å². The van der Waals surface area contributed by atoms with Crippen LogP contribution in [0.5, 0.6) is 0 Å². The lowest BCUT2D eigenvalue weighted by Crippen LogP contribution is -2.32. The van der Waals surface area contributed by atoms with Gasteiger partial charge in [0.2, 0.25) is 5.44 Å². The Bertz CT molecular complexity index is 954. The zero-order valence-corrected chi connectivity index (χ0v) is 14.6. The summed E-state index contributed by atoms with van der Waals surface area (Å²) in [4.78, 5) is 13.6. The molecule has 0 bridgehead atoms. The normalized spacial score (nSPS) is 12.3.